The van der Waals surface area contributed by atoms with Crippen LogP contribution in [0, 0.1) is 5.41 Å². The average Bonchev–Trinajstić information content (AvgIpc) is 2.89. The average molecular weight is 280 g/mol. The zero-order valence-electron chi connectivity index (χ0n) is 10.1. The molecule has 0 unspecified atom stereocenters. The Balaban J connectivity index is 2.42. The number of nitrogens with two attached hydrogens (primary N) is 1. The predicted octanol–water partition coefficient (Wildman–Crippen LogP) is 1.41. The first-order valence-corrected chi connectivity index (χ1v) is 6.77. The predicted molar refractivity (Wildman–Crippen MR) is 68.2 cm³/mol. The third-order valence-corrected chi connectivity index (χ3v) is 4.12. The normalized spacial score (nSPS) is 11.2. The molecule has 0 saturated carbocycles. The van der Waals surface area contributed by atoms with Crippen LogP contribution in [0.2, 0.25) is 0 Å². The summed E-state index contributed by atoms with van der Waals surface area (Å²) in [6.07, 6.45) is 0. The number of hydrogen-bond donors (Lipinski definition) is 2. The van der Waals surface area contributed by atoms with Crippen molar-refractivity contribution in [1.82, 2.24) is 0 Å². The summed E-state index contributed by atoms with van der Waals surface area (Å²) in [5.74, 6) is 0.256. The van der Waals surface area contributed by atoms with Gasteiger partial charge in [-0.2, -0.15) is 0 Å². The summed E-state index contributed by atoms with van der Waals surface area (Å²) in [5, 5.41) is 6.94. The van der Waals surface area contributed by atoms with Crippen LogP contribution in [0.1, 0.15) is 5.76 Å². The molecule has 2 aromatic rings. The maximum absolute atomic E-state index is 12.2. The van der Waals surface area contributed by atoms with Crippen molar-refractivity contribution in [2.45, 2.75) is 9.99 Å². The van der Waals surface area contributed by atoms with Crippen molar-refractivity contribution < 1.29 is 17.6 Å². The van der Waals surface area contributed by atoms with Gasteiger partial charge in [-0.25, -0.2) is 8.42 Å². The number of methoxy groups -OCH3 is 1. The van der Waals surface area contributed by atoms with Crippen molar-refractivity contribution in [1.29, 1.82) is 5.41 Å². The molecule has 19 heavy (non-hydrogen) atoms. The lowest BCUT2D eigenvalue weighted by Crippen LogP contribution is -2.09. The topological polar surface area (TPSA) is 106 Å². The summed E-state index contributed by atoms with van der Waals surface area (Å²) in [7, 11) is -2.26. The van der Waals surface area contributed by atoms with Crippen molar-refractivity contribution in [2.75, 3.05) is 7.11 Å². The number of benzene rings is 1. The van der Waals surface area contributed by atoms with Crippen molar-refractivity contribution >= 4 is 15.7 Å². The van der Waals surface area contributed by atoms with Gasteiger partial charge in [0.25, 0.3) is 0 Å². The summed E-state index contributed by atoms with van der Waals surface area (Å²) in [5.41, 5.74) is 5.23. The van der Waals surface area contributed by atoms with Crippen LogP contribution in [-0.2, 0) is 9.84 Å². The third-order valence-electron chi connectivity index (χ3n) is 2.48. The number of hydrogen-bond acceptors (Lipinski definition) is 5. The van der Waals surface area contributed by atoms with E-state index in [0.29, 0.717) is 5.75 Å². The van der Waals surface area contributed by atoms with E-state index in [2.05, 4.69) is 0 Å². The van der Waals surface area contributed by atoms with Crippen molar-refractivity contribution in [3.63, 3.8) is 0 Å². The third kappa shape index (κ3) is 2.45. The molecule has 0 aliphatic carbocycles. The second kappa shape index (κ2) is 4.77. The van der Waals surface area contributed by atoms with E-state index in [1.165, 1.54) is 31.4 Å². The Hall–Kier alpha value is -2.28. The van der Waals surface area contributed by atoms with Gasteiger partial charge in [-0.05, 0) is 36.4 Å². The van der Waals surface area contributed by atoms with Gasteiger partial charge in [-0.3, -0.25) is 5.41 Å². The summed E-state index contributed by atoms with van der Waals surface area (Å²) in [6, 6.07) is 8.55. The van der Waals surface area contributed by atoms with Gasteiger partial charge in [0, 0.05) is 0 Å². The minimum atomic E-state index is -3.75. The molecule has 6 nitrogen and oxygen atoms in total. The maximum atomic E-state index is 12.2. The highest BCUT2D eigenvalue weighted by molar-refractivity contribution is 7.91. The molecule has 7 heteroatoms. The fraction of sp³-hybridized carbons (Fsp3) is 0.0833. The Bertz CT molecular complexity index is 702. The first-order valence-electron chi connectivity index (χ1n) is 5.28. The van der Waals surface area contributed by atoms with Crippen LogP contribution in [0.25, 0.3) is 0 Å². The minimum absolute atomic E-state index is 0.0205. The standard InChI is InChI=1S/C12H12N2O4S/c1-17-8-2-4-9(5-3-8)19(15,16)11-7-6-10(18-11)12(13)14/h2-7H,1H3,(H3,13,14). The van der Waals surface area contributed by atoms with Crippen LogP contribution in [0.5, 0.6) is 5.75 Å². The first kappa shape index (κ1) is 13.2. The molecule has 0 atom stereocenters. The smallest absolute Gasteiger partial charge is 0.239 e. The molecule has 0 radical (unpaired) electrons. The minimum Gasteiger partial charge on any atom is -0.497 e. The second-order valence-corrected chi connectivity index (χ2v) is 5.59. The van der Waals surface area contributed by atoms with E-state index in [0.717, 1.165) is 0 Å². The molecule has 0 fully saturated rings. The number of nitrogens with one attached hydrogen (secondary N) is 1. The maximum Gasteiger partial charge on any atom is 0.239 e. The molecule has 0 aliphatic rings. The molecule has 0 spiro atoms. The lowest BCUT2D eigenvalue weighted by molar-refractivity contribution is 0.414. The van der Waals surface area contributed by atoms with Gasteiger partial charge >= 0.3 is 0 Å². The van der Waals surface area contributed by atoms with Gasteiger partial charge in [0.15, 0.2) is 11.6 Å². The monoisotopic (exact) mass is 280 g/mol. The summed E-state index contributed by atoms with van der Waals surface area (Å²) in [4.78, 5) is 0.0813. The van der Waals surface area contributed by atoms with Gasteiger partial charge in [-0.15, -0.1) is 0 Å². The lowest BCUT2D eigenvalue weighted by Gasteiger charge is -2.03. The van der Waals surface area contributed by atoms with Crippen LogP contribution < -0.4 is 10.5 Å². The van der Waals surface area contributed by atoms with E-state index in [4.69, 9.17) is 20.3 Å². The zero-order valence-corrected chi connectivity index (χ0v) is 10.9. The number of furan rings is 1. The first-order chi connectivity index (χ1) is 8.95. The number of ether oxygens (including phenoxy) is 1. The van der Waals surface area contributed by atoms with Crippen LogP contribution in [0.3, 0.4) is 0 Å². The molecule has 1 heterocycles. The van der Waals surface area contributed by atoms with E-state index < -0.39 is 9.84 Å². The number of amidine groups is 1. The molecule has 0 bridgehead atoms. The highest BCUT2D eigenvalue weighted by atomic mass is 32.2. The SMILES string of the molecule is COc1ccc(S(=O)(=O)c2ccc(C(=N)N)o2)cc1. The summed E-state index contributed by atoms with van der Waals surface area (Å²) >= 11 is 0. The van der Waals surface area contributed by atoms with Crippen LogP contribution in [0.4, 0.5) is 0 Å². The molecule has 100 valence electrons. The molecule has 3 N–H and O–H groups in total. The number of rotatable bonds is 4. The molecule has 1 aromatic heterocycles. The lowest BCUT2D eigenvalue weighted by atomic mass is 10.3. The molecular formula is C12H12N2O4S. The van der Waals surface area contributed by atoms with E-state index in [1.807, 2.05) is 0 Å². The van der Waals surface area contributed by atoms with Gasteiger partial charge in [-0.1, -0.05) is 0 Å². The fourth-order valence-electron chi connectivity index (χ4n) is 1.48. The highest BCUT2D eigenvalue weighted by Gasteiger charge is 2.22. The van der Waals surface area contributed by atoms with Crippen molar-refractivity contribution in [3.8, 4) is 5.75 Å². The molecule has 1 aromatic carbocycles. The van der Waals surface area contributed by atoms with Gasteiger partial charge in [0.05, 0.1) is 12.0 Å². The summed E-state index contributed by atoms with van der Waals surface area (Å²) < 4.78 is 34.5. The summed E-state index contributed by atoms with van der Waals surface area (Å²) in [6.45, 7) is 0. The fourth-order valence-corrected chi connectivity index (χ4v) is 2.65. The Kier molecular flexibility index (Phi) is 3.30. The molecule has 0 aliphatic heterocycles. The van der Waals surface area contributed by atoms with Gasteiger partial charge in [0.1, 0.15) is 5.75 Å². The quantitative estimate of drug-likeness (QED) is 0.650. The number of nitrogen functional groups attached to an aromatic ring is 1. The Morgan fingerprint density at radius 1 is 1.21 bits per heavy atom. The second-order valence-electron chi connectivity index (χ2n) is 3.71. The molecule has 2 rings (SSSR count). The Labute approximate surface area is 110 Å². The van der Waals surface area contributed by atoms with Gasteiger partial charge in [0.2, 0.25) is 14.9 Å². The van der Waals surface area contributed by atoms with E-state index in [1.54, 1.807) is 12.1 Å². The van der Waals surface area contributed by atoms with Crippen LogP contribution >= 0.6 is 0 Å². The Morgan fingerprint density at radius 3 is 2.32 bits per heavy atom. The van der Waals surface area contributed by atoms with Crippen LogP contribution in [0.15, 0.2) is 50.8 Å². The van der Waals surface area contributed by atoms with E-state index in [-0.39, 0.29) is 21.6 Å². The Morgan fingerprint density at radius 2 is 1.84 bits per heavy atom. The highest BCUT2D eigenvalue weighted by Crippen LogP contribution is 2.24. The number of sulfone groups is 1. The molecule has 0 saturated heterocycles. The largest absolute Gasteiger partial charge is 0.497 e. The zero-order chi connectivity index (χ0) is 14.0. The van der Waals surface area contributed by atoms with Gasteiger partial charge < -0.3 is 14.9 Å². The molecular weight excluding hydrogens is 268 g/mol. The van der Waals surface area contributed by atoms with Crippen LogP contribution in [-0.4, -0.2) is 21.4 Å². The van der Waals surface area contributed by atoms with E-state index in [9.17, 15) is 8.42 Å². The molecule has 0 amide bonds. The van der Waals surface area contributed by atoms with Crippen molar-refractivity contribution in [2.24, 2.45) is 5.73 Å². The van der Waals surface area contributed by atoms with E-state index >= 15 is 0 Å². The van der Waals surface area contributed by atoms with Crippen molar-refractivity contribution in [3.05, 3.63) is 42.2 Å².